The molecule has 4 unspecified atom stereocenters. The molecule has 0 aliphatic carbocycles. The number of carboxylic acids is 1. The molecule has 222 valence electrons. The average Bonchev–Trinajstić information content (AvgIpc) is 3.30. The number of carboxylic acid groups (broad SMARTS) is 1. The number of amides is 6. The zero-order chi connectivity index (χ0) is 30.7. The molecule has 0 radical (unpaired) electrons. The van der Waals surface area contributed by atoms with E-state index in [4.69, 9.17) is 22.9 Å². The molecule has 0 saturated heterocycles. The van der Waals surface area contributed by atoms with E-state index in [-0.39, 0.29) is 32.1 Å². The highest BCUT2D eigenvalue weighted by molar-refractivity contribution is 5.96. The highest BCUT2D eigenvalue weighted by Crippen LogP contribution is 2.19. The zero-order valence-corrected chi connectivity index (χ0v) is 22.1. The first kappa shape index (κ1) is 32.2. The van der Waals surface area contributed by atoms with Crippen LogP contribution in [0.2, 0.25) is 0 Å². The number of para-hydroxylation sites is 1. The van der Waals surface area contributed by atoms with Gasteiger partial charge in [-0.05, 0) is 24.5 Å². The Bertz CT molecular complexity index is 1310. The largest absolute Gasteiger partial charge is 0.480 e. The minimum Gasteiger partial charge on any atom is -0.480 e. The van der Waals surface area contributed by atoms with Crippen molar-refractivity contribution in [3.05, 3.63) is 36.0 Å². The van der Waals surface area contributed by atoms with E-state index in [0.29, 0.717) is 5.56 Å². The van der Waals surface area contributed by atoms with Gasteiger partial charge in [-0.15, -0.1) is 0 Å². The van der Waals surface area contributed by atoms with Crippen molar-refractivity contribution in [2.45, 2.75) is 62.7 Å². The van der Waals surface area contributed by atoms with E-state index in [0.717, 1.165) is 10.9 Å². The first-order valence-electron chi connectivity index (χ1n) is 12.6. The Morgan fingerprint density at radius 1 is 0.756 bits per heavy atom. The second kappa shape index (κ2) is 15.0. The number of benzene rings is 1. The van der Waals surface area contributed by atoms with Crippen LogP contribution in [0.3, 0.4) is 0 Å². The number of H-pyrrole nitrogens is 1. The predicted molar refractivity (Wildman–Crippen MR) is 144 cm³/mol. The van der Waals surface area contributed by atoms with E-state index in [1.54, 1.807) is 30.5 Å². The van der Waals surface area contributed by atoms with Crippen LogP contribution in [0.5, 0.6) is 0 Å². The van der Waals surface area contributed by atoms with Gasteiger partial charge in [0.1, 0.15) is 18.1 Å². The first-order valence-corrected chi connectivity index (χ1v) is 12.6. The van der Waals surface area contributed by atoms with Crippen LogP contribution in [0.25, 0.3) is 10.9 Å². The summed E-state index contributed by atoms with van der Waals surface area (Å²) in [6, 6.07) is 1.48. The van der Waals surface area contributed by atoms with Crippen LogP contribution in [0.15, 0.2) is 30.5 Å². The predicted octanol–water partition coefficient (Wildman–Crippen LogP) is -3.02. The fourth-order valence-corrected chi connectivity index (χ4v) is 3.94. The minimum absolute atomic E-state index is 0.0780. The summed E-state index contributed by atoms with van der Waals surface area (Å²) in [5.41, 5.74) is 22.6. The fourth-order valence-electron chi connectivity index (χ4n) is 3.94. The summed E-state index contributed by atoms with van der Waals surface area (Å²) in [6.45, 7) is 0. The third kappa shape index (κ3) is 10.2. The van der Waals surface area contributed by atoms with Gasteiger partial charge < -0.3 is 49.0 Å². The molecule has 0 aliphatic rings. The summed E-state index contributed by atoms with van der Waals surface area (Å²) in [6.07, 6.45) is -0.0910. The molecule has 13 N–H and O–H groups in total. The number of aliphatic carboxylic acids is 1. The van der Waals surface area contributed by atoms with Crippen molar-refractivity contribution in [2.75, 3.05) is 0 Å². The van der Waals surface area contributed by atoms with Crippen molar-refractivity contribution in [1.29, 1.82) is 0 Å². The van der Waals surface area contributed by atoms with Gasteiger partial charge in [-0.25, -0.2) is 4.79 Å². The maximum atomic E-state index is 13.4. The fraction of sp³-hybridized carbons (Fsp3) is 0.400. The SMILES string of the molecule is NC(=O)CCC(N)C(=O)NC(Cc1c[nH]c2ccccc12)C(=O)NC(CC(N)=O)C(=O)NC(CCC(N)=O)C(=O)O. The zero-order valence-electron chi connectivity index (χ0n) is 22.1. The average molecular weight is 575 g/mol. The van der Waals surface area contributed by atoms with Gasteiger partial charge in [-0.2, -0.15) is 0 Å². The van der Waals surface area contributed by atoms with Crippen molar-refractivity contribution in [3.63, 3.8) is 0 Å². The maximum Gasteiger partial charge on any atom is 0.326 e. The smallest absolute Gasteiger partial charge is 0.326 e. The number of carbonyl (C=O) groups is 7. The molecule has 41 heavy (non-hydrogen) atoms. The van der Waals surface area contributed by atoms with Crippen LogP contribution in [0.1, 0.15) is 37.7 Å². The first-order chi connectivity index (χ1) is 19.3. The molecule has 4 atom stereocenters. The Kier molecular flexibility index (Phi) is 11.8. The molecule has 2 aromatic rings. The molecule has 16 heteroatoms. The minimum atomic E-state index is -1.62. The van der Waals surface area contributed by atoms with Crippen LogP contribution in [0, 0.1) is 0 Å². The van der Waals surface area contributed by atoms with Gasteiger partial charge in [-0.1, -0.05) is 18.2 Å². The summed E-state index contributed by atoms with van der Waals surface area (Å²) in [5, 5.41) is 17.1. The topological polar surface area (TPSA) is 296 Å². The molecular weight excluding hydrogens is 540 g/mol. The summed E-state index contributed by atoms with van der Waals surface area (Å²) in [5.74, 6) is -6.67. The number of nitrogens with one attached hydrogen (secondary N) is 4. The van der Waals surface area contributed by atoms with Crippen molar-refractivity contribution in [3.8, 4) is 0 Å². The van der Waals surface area contributed by atoms with E-state index in [2.05, 4.69) is 20.9 Å². The number of carbonyl (C=O) groups excluding carboxylic acids is 6. The van der Waals surface area contributed by atoms with Gasteiger partial charge in [0.15, 0.2) is 0 Å². The monoisotopic (exact) mass is 574 g/mol. The van der Waals surface area contributed by atoms with Crippen LogP contribution < -0.4 is 38.9 Å². The lowest BCUT2D eigenvalue weighted by atomic mass is 10.0. The quantitative estimate of drug-likeness (QED) is 0.0927. The van der Waals surface area contributed by atoms with Gasteiger partial charge in [-0.3, -0.25) is 28.8 Å². The van der Waals surface area contributed by atoms with Crippen molar-refractivity contribution >= 4 is 52.3 Å². The van der Waals surface area contributed by atoms with E-state index in [9.17, 15) is 38.7 Å². The van der Waals surface area contributed by atoms with Gasteiger partial charge in [0.25, 0.3) is 0 Å². The molecule has 2 rings (SSSR count). The van der Waals surface area contributed by atoms with Gasteiger partial charge >= 0.3 is 5.97 Å². The Labute approximate surface area is 233 Å². The maximum absolute atomic E-state index is 13.4. The standard InChI is InChI=1S/C25H34N8O8/c26-14(5-7-19(27)34)22(37)32-17(9-12-11-30-15-4-2-1-3-13(12)15)23(38)33-18(10-21(29)36)24(39)31-16(25(40)41)6-8-20(28)35/h1-4,11,14,16-18,30H,5-10,26H2,(H2,27,34)(H2,28,35)(H2,29,36)(H,31,39)(H,32,37)(H,33,38)(H,40,41). The van der Waals surface area contributed by atoms with Crippen molar-refractivity contribution < 1.29 is 38.7 Å². The Balaban J connectivity index is 2.29. The Hall–Kier alpha value is -4.99. The van der Waals surface area contributed by atoms with Crippen LogP contribution >= 0.6 is 0 Å². The highest BCUT2D eigenvalue weighted by Gasteiger charge is 2.32. The van der Waals surface area contributed by atoms with Gasteiger partial charge in [0, 0.05) is 36.4 Å². The van der Waals surface area contributed by atoms with Crippen molar-refractivity contribution in [1.82, 2.24) is 20.9 Å². The Morgan fingerprint density at radius 3 is 1.93 bits per heavy atom. The number of hydrogen-bond acceptors (Lipinski definition) is 8. The third-order valence-corrected chi connectivity index (χ3v) is 6.10. The molecular formula is C25H34N8O8. The lowest BCUT2D eigenvalue weighted by Gasteiger charge is -2.24. The van der Waals surface area contributed by atoms with Crippen LogP contribution in [-0.2, 0) is 40.0 Å². The second-order valence-corrected chi connectivity index (χ2v) is 9.37. The molecule has 1 aromatic carbocycles. The van der Waals surface area contributed by atoms with Crippen LogP contribution in [0.4, 0.5) is 0 Å². The number of primary amides is 3. The lowest BCUT2D eigenvalue weighted by molar-refractivity contribution is -0.142. The second-order valence-electron chi connectivity index (χ2n) is 9.37. The van der Waals surface area contributed by atoms with Crippen LogP contribution in [-0.4, -0.2) is 75.7 Å². The van der Waals surface area contributed by atoms with Gasteiger partial charge in [0.2, 0.25) is 35.4 Å². The molecule has 0 bridgehead atoms. The summed E-state index contributed by atoms with van der Waals surface area (Å²) in [4.78, 5) is 87.5. The van der Waals surface area contributed by atoms with E-state index in [1.165, 1.54) is 0 Å². The van der Waals surface area contributed by atoms with Crippen molar-refractivity contribution in [2.24, 2.45) is 22.9 Å². The molecule has 0 fully saturated rings. The molecule has 1 heterocycles. The Morgan fingerprint density at radius 2 is 1.32 bits per heavy atom. The third-order valence-electron chi connectivity index (χ3n) is 6.10. The number of hydrogen-bond donors (Lipinski definition) is 9. The molecule has 1 aromatic heterocycles. The molecule has 0 spiro atoms. The van der Waals surface area contributed by atoms with E-state index < -0.39 is 72.0 Å². The number of aromatic amines is 1. The summed E-state index contributed by atoms with van der Waals surface area (Å²) < 4.78 is 0. The normalized spacial score (nSPS) is 13.8. The molecule has 0 saturated carbocycles. The number of fused-ring (bicyclic) bond motifs is 1. The molecule has 6 amide bonds. The van der Waals surface area contributed by atoms with Gasteiger partial charge in [0.05, 0.1) is 12.5 Å². The lowest BCUT2D eigenvalue weighted by Crippen LogP contribution is -2.58. The molecule has 16 nitrogen and oxygen atoms in total. The summed E-state index contributed by atoms with van der Waals surface area (Å²) >= 11 is 0. The number of aromatic nitrogens is 1. The number of nitrogens with two attached hydrogens (primary N) is 4. The van der Waals surface area contributed by atoms with E-state index in [1.807, 2.05) is 0 Å². The highest BCUT2D eigenvalue weighted by atomic mass is 16.4. The summed E-state index contributed by atoms with van der Waals surface area (Å²) in [7, 11) is 0. The number of rotatable bonds is 17. The van der Waals surface area contributed by atoms with E-state index >= 15 is 0 Å². The molecule has 0 aliphatic heterocycles.